The second-order valence-corrected chi connectivity index (χ2v) is 5.83. The number of hydrogen-bond acceptors (Lipinski definition) is 2. The highest BCUT2D eigenvalue weighted by Gasteiger charge is 2.21. The normalized spacial score (nSPS) is 17.8. The molecule has 4 heteroatoms. The first kappa shape index (κ1) is 14.8. The Labute approximate surface area is 119 Å². The molecule has 2 rings (SSSR count). The van der Waals surface area contributed by atoms with Gasteiger partial charge in [-0.05, 0) is 44.7 Å². The van der Waals surface area contributed by atoms with Crippen molar-refractivity contribution in [2.24, 2.45) is 11.7 Å². The van der Waals surface area contributed by atoms with E-state index in [1.54, 1.807) is 13.0 Å². The van der Waals surface area contributed by atoms with E-state index in [1.165, 1.54) is 38.2 Å². The van der Waals surface area contributed by atoms with Crippen LogP contribution >= 0.6 is 0 Å². The van der Waals surface area contributed by atoms with E-state index in [4.69, 9.17) is 5.73 Å². The van der Waals surface area contributed by atoms with Crippen molar-refractivity contribution >= 4 is 11.6 Å². The third kappa shape index (κ3) is 3.30. The molecular weight excluding hydrogens is 255 g/mol. The van der Waals surface area contributed by atoms with Gasteiger partial charge in [-0.15, -0.1) is 0 Å². The molecule has 1 fully saturated rings. The Morgan fingerprint density at radius 2 is 2.00 bits per heavy atom. The summed E-state index contributed by atoms with van der Waals surface area (Å²) in [6.45, 7) is 3.85. The molecule has 20 heavy (non-hydrogen) atoms. The average molecular weight is 278 g/mol. The number of carbonyl (C=O) groups is 1. The highest BCUT2D eigenvalue weighted by molar-refractivity contribution is 5.94. The van der Waals surface area contributed by atoms with Gasteiger partial charge in [0.25, 0.3) is 0 Å². The van der Waals surface area contributed by atoms with E-state index >= 15 is 0 Å². The quantitative estimate of drug-likeness (QED) is 0.884. The fraction of sp³-hybridized carbons (Fsp3) is 0.562. The zero-order valence-corrected chi connectivity index (χ0v) is 12.2. The van der Waals surface area contributed by atoms with Crippen LogP contribution in [-0.4, -0.2) is 11.9 Å². The van der Waals surface area contributed by atoms with Crippen molar-refractivity contribution in [2.75, 3.05) is 5.32 Å². The van der Waals surface area contributed by atoms with E-state index in [0.29, 0.717) is 17.2 Å². The molecule has 1 aromatic rings. The summed E-state index contributed by atoms with van der Waals surface area (Å²) in [5, 5.41) is 3.37. The molecule has 1 aliphatic carbocycles. The smallest absolute Gasteiger partial charge is 0.248 e. The van der Waals surface area contributed by atoms with Crippen LogP contribution in [0.4, 0.5) is 10.1 Å². The van der Waals surface area contributed by atoms with E-state index in [0.717, 1.165) is 0 Å². The summed E-state index contributed by atoms with van der Waals surface area (Å²) in [6, 6.07) is 3.13. The molecule has 0 spiro atoms. The lowest BCUT2D eigenvalue weighted by Crippen LogP contribution is -2.28. The summed E-state index contributed by atoms with van der Waals surface area (Å²) < 4.78 is 13.8. The molecule has 1 amide bonds. The molecule has 1 unspecified atom stereocenters. The van der Waals surface area contributed by atoms with Gasteiger partial charge in [-0.2, -0.15) is 0 Å². The predicted octanol–water partition coefficient (Wildman–Crippen LogP) is 3.61. The van der Waals surface area contributed by atoms with Crippen molar-refractivity contribution < 1.29 is 9.18 Å². The van der Waals surface area contributed by atoms with Crippen LogP contribution in [0.5, 0.6) is 0 Å². The van der Waals surface area contributed by atoms with E-state index in [9.17, 15) is 9.18 Å². The van der Waals surface area contributed by atoms with Crippen LogP contribution in [-0.2, 0) is 0 Å². The molecule has 1 aliphatic rings. The molecule has 0 radical (unpaired) electrons. The lowest BCUT2D eigenvalue weighted by molar-refractivity contribution is 0.1000. The number of benzene rings is 1. The SMILES string of the molecule is Cc1c(F)cc(C(N)=O)cc1NC(C)C1CCCCC1. The van der Waals surface area contributed by atoms with Gasteiger partial charge in [0.1, 0.15) is 5.82 Å². The molecule has 0 aliphatic heterocycles. The predicted molar refractivity (Wildman–Crippen MR) is 79.3 cm³/mol. The maximum Gasteiger partial charge on any atom is 0.248 e. The van der Waals surface area contributed by atoms with Gasteiger partial charge < -0.3 is 11.1 Å². The molecule has 0 heterocycles. The number of anilines is 1. The van der Waals surface area contributed by atoms with Crippen molar-refractivity contribution in [2.45, 2.75) is 52.0 Å². The third-order valence-electron chi connectivity index (χ3n) is 4.37. The van der Waals surface area contributed by atoms with Crippen molar-refractivity contribution in [3.8, 4) is 0 Å². The minimum atomic E-state index is -0.600. The van der Waals surface area contributed by atoms with Gasteiger partial charge >= 0.3 is 0 Å². The topological polar surface area (TPSA) is 55.1 Å². The molecule has 1 saturated carbocycles. The van der Waals surface area contributed by atoms with Crippen molar-refractivity contribution in [3.63, 3.8) is 0 Å². The molecule has 0 saturated heterocycles. The van der Waals surface area contributed by atoms with Crippen molar-refractivity contribution in [1.29, 1.82) is 0 Å². The zero-order chi connectivity index (χ0) is 14.7. The highest BCUT2D eigenvalue weighted by Crippen LogP contribution is 2.29. The van der Waals surface area contributed by atoms with Crippen molar-refractivity contribution in [3.05, 3.63) is 29.1 Å². The van der Waals surface area contributed by atoms with E-state index in [2.05, 4.69) is 12.2 Å². The molecule has 3 nitrogen and oxygen atoms in total. The largest absolute Gasteiger partial charge is 0.382 e. The molecule has 0 bridgehead atoms. The van der Waals surface area contributed by atoms with Crippen LogP contribution in [0, 0.1) is 18.7 Å². The van der Waals surface area contributed by atoms with Crippen molar-refractivity contribution in [1.82, 2.24) is 0 Å². The molecule has 1 atom stereocenters. The van der Waals surface area contributed by atoms with Crippen LogP contribution in [0.25, 0.3) is 0 Å². The zero-order valence-electron chi connectivity index (χ0n) is 12.2. The number of rotatable bonds is 4. The number of nitrogens with two attached hydrogens (primary N) is 1. The number of hydrogen-bond donors (Lipinski definition) is 2. The lowest BCUT2D eigenvalue weighted by Gasteiger charge is -2.29. The molecule has 0 aromatic heterocycles. The first-order valence-electron chi connectivity index (χ1n) is 7.35. The van der Waals surface area contributed by atoms with Gasteiger partial charge in [0, 0.05) is 22.9 Å². The van der Waals surface area contributed by atoms with Gasteiger partial charge in [-0.25, -0.2) is 4.39 Å². The summed E-state index contributed by atoms with van der Waals surface area (Å²) in [6.07, 6.45) is 6.28. The number of nitrogens with one attached hydrogen (secondary N) is 1. The maximum atomic E-state index is 13.8. The first-order valence-corrected chi connectivity index (χ1v) is 7.35. The van der Waals surface area contributed by atoms with Gasteiger partial charge in [0.15, 0.2) is 0 Å². The monoisotopic (exact) mass is 278 g/mol. The summed E-state index contributed by atoms with van der Waals surface area (Å²) in [4.78, 5) is 11.2. The summed E-state index contributed by atoms with van der Waals surface area (Å²) in [5.41, 5.74) is 6.67. The van der Waals surface area contributed by atoms with Crippen LogP contribution in [0.3, 0.4) is 0 Å². The van der Waals surface area contributed by atoms with E-state index < -0.39 is 5.91 Å². The number of amides is 1. The van der Waals surface area contributed by atoms with Gasteiger partial charge in [-0.3, -0.25) is 4.79 Å². The average Bonchev–Trinajstić information content (AvgIpc) is 2.44. The Balaban J connectivity index is 2.17. The van der Waals surface area contributed by atoms with Crippen LogP contribution in [0.1, 0.15) is 54.9 Å². The summed E-state index contributed by atoms with van der Waals surface area (Å²) in [7, 11) is 0. The van der Waals surface area contributed by atoms with Crippen LogP contribution in [0.15, 0.2) is 12.1 Å². The maximum absolute atomic E-state index is 13.8. The number of carbonyl (C=O) groups excluding carboxylic acids is 1. The van der Waals surface area contributed by atoms with Crippen LogP contribution < -0.4 is 11.1 Å². The Morgan fingerprint density at radius 1 is 1.35 bits per heavy atom. The van der Waals surface area contributed by atoms with Crippen LogP contribution in [0.2, 0.25) is 0 Å². The Morgan fingerprint density at radius 3 is 2.60 bits per heavy atom. The molecule has 110 valence electrons. The summed E-state index contributed by atoms with van der Waals surface area (Å²) in [5.74, 6) is -0.375. The fourth-order valence-corrected chi connectivity index (χ4v) is 2.97. The Kier molecular flexibility index (Phi) is 4.63. The minimum absolute atomic E-state index is 0.214. The Bertz CT molecular complexity index is 495. The van der Waals surface area contributed by atoms with Gasteiger partial charge in [-0.1, -0.05) is 19.3 Å². The minimum Gasteiger partial charge on any atom is -0.382 e. The summed E-state index contributed by atoms with van der Waals surface area (Å²) >= 11 is 0. The highest BCUT2D eigenvalue weighted by atomic mass is 19.1. The number of primary amides is 1. The standard InChI is InChI=1S/C16H23FN2O/c1-10-14(17)8-13(16(18)20)9-15(10)19-11(2)12-6-4-3-5-7-12/h8-9,11-12,19H,3-7H2,1-2H3,(H2,18,20). The molecule has 1 aromatic carbocycles. The third-order valence-corrected chi connectivity index (χ3v) is 4.37. The number of halogens is 1. The molecule has 3 N–H and O–H groups in total. The second kappa shape index (κ2) is 6.25. The van der Waals surface area contributed by atoms with Gasteiger partial charge in [0.2, 0.25) is 5.91 Å². The first-order chi connectivity index (χ1) is 9.49. The molecular formula is C16H23FN2O. The van der Waals surface area contributed by atoms with E-state index in [-0.39, 0.29) is 17.4 Å². The van der Waals surface area contributed by atoms with E-state index in [1.807, 2.05) is 0 Å². The fourth-order valence-electron chi connectivity index (χ4n) is 2.97. The Hall–Kier alpha value is -1.58. The lowest BCUT2D eigenvalue weighted by atomic mass is 9.84. The van der Waals surface area contributed by atoms with Gasteiger partial charge in [0.05, 0.1) is 0 Å². The second-order valence-electron chi connectivity index (χ2n) is 5.83.